The van der Waals surface area contributed by atoms with E-state index in [9.17, 15) is 9.59 Å². The van der Waals surface area contributed by atoms with Crippen molar-refractivity contribution >= 4 is 34.6 Å². The lowest BCUT2D eigenvalue weighted by atomic mass is 9.99. The minimum absolute atomic E-state index is 0.0766. The van der Waals surface area contributed by atoms with Gasteiger partial charge in [0.25, 0.3) is 5.91 Å². The van der Waals surface area contributed by atoms with Gasteiger partial charge in [0.15, 0.2) is 0 Å². The second kappa shape index (κ2) is 9.48. The summed E-state index contributed by atoms with van der Waals surface area (Å²) in [7, 11) is 0. The molecule has 1 aliphatic heterocycles. The Hall–Kier alpha value is -3.26. The van der Waals surface area contributed by atoms with Gasteiger partial charge < -0.3 is 15.5 Å². The molecule has 32 heavy (non-hydrogen) atoms. The van der Waals surface area contributed by atoms with Crippen LogP contribution in [0.25, 0.3) is 0 Å². The average molecular weight is 450 g/mol. The van der Waals surface area contributed by atoms with Gasteiger partial charge in [0, 0.05) is 30.4 Å². The van der Waals surface area contributed by atoms with E-state index in [1.54, 1.807) is 0 Å². The number of urea groups is 1. The summed E-state index contributed by atoms with van der Waals surface area (Å²) in [5.74, 6) is -0.189. The largest absolute Gasteiger partial charge is 0.324 e. The van der Waals surface area contributed by atoms with Gasteiger partial charge in [-0.15, -0.1) is 10.2 Å². The van der Waals surface area contributed by atoms with Crippen molar-refractivity contribution in [2.75, 3.05) is 23.7 Å². The van der Waals surface area contributed by atoms with Crippen molar-refractivity contribution < 1.29 is 9.59 Å². The zero-order chi connectivity index (χ0) is 22.7. The van der Waals surface area contributed by atoms with Crippen molar-refractivity contribution in [3.63, 3.8) is 0 Å². The predicted octanol–water partition coefficient (Wildman–Crippen LogP) is 5.13. The third kappa shape index (κ3) is 5.13. The van der Waals surface area contributed by atoms with Crippen molar-refractivity contribution in [3.05, 3.63) is 69.2 Å². The molecule has 0 bridgehead atoms. The molecular formula is C24H27N5O2S. The Morgan fingerprint density at radius 2 is 1.72 bits per heavy atom. The summed E-state index contributed by atoms with van der Waals surface area (Å²) in [6.07, 6.45) is 1.80. The lowest BCUT2D eigenvalue weighted by molar-refractivity contribution is 0.102. The third-order valence-corrected chi connectivity index (χ3v) is 6.84. The van der Waals surface area contributed by atoms with E-state index in [1.165, 1.54) is 16.9 Å². The quantitative estimate of drug-likeness (QED) is 0.578. The van der Waals surface area contributed by atoms with Crippen LogP contribution in [0.4, 0.5) is 16.2 Å². The fourth-order valence-corrected chi connectivity index (χ4v) is 4.56. The van der Waals surface area contributed by atoms with Crippen molar-refractivity contribution in [2.24, 2.45) is 0 Å². The molecule has 0 unspecified atom stereocenters. The topological polar surface area (TPSA) is 87.2 Å². The van der Waals surface area contributed by atoms with Gasteiger partial charge in [0.2, 0.25) is 5.01 Å². The Balaban J connectivity index is 1.38. The molecular weight excluding hydrogens is 422 g/mol. The normalized spacial score (nSPS) is 16.0. The number of hydrogen-bond acceptors (Lipinski definition) is 5. The molecule has 4 rings (SSSR count). The van der Waals surface area contributed by atoms with E-state index in [0.717, 1.165) is 40.4 Å². The summed E-state index contributed by atoms with van der Waals surface area (Å²) in [5.41, 5.74) is 4.99. The number of anilines is 2. The van der Waals surface area contributed by atoms with Crippen LogP contribution in [-0.2, 0) is 0 Å². The lowest BCUT2D eigenvalue weighted by Gasteiger charge is -2.31. The fourth-order valence-electron chi connectivity index (χ4n) is 3.70. The molecule has 7 nitrogen and oxygen atoms in total. The van der Waals surface area contributed by atoms with Crippen LogP contribution in [0.1, 0.15) is 50.3 Å². The Morgan fingerprint density at radius 1 is 0.969 bits per heavy atom. The average Bonchev–Trinajstić information content (AvgIpc) is 3.28. The number of aryl methyl sites for hydroxylation is 3. The summed E-state index contributed by atoms with van der Waals surface area (Å²) < 4.78 is 0. The van der Waals surface area contributed by atoms with Crippen LogP contribution in [0.5, 0.6) is 0 Å². The lowest BCUT2D eigenvalue weighted by Crippen LogP contribution is -2.41. The number of nitrogens with zero attached hydrogens (tertiary/aromatic N) is 3. The van der Waals surface area contributed by atoms with Crippen molar-refractivity contribution in [1.82, 2.24) is 15.1 Å². The first-order chi connectivity index (χ1) is 15.4. The van der Waals surface area contributed by atoms with E-state index in [0.29, 0.717) is 18.1 Å². The molecule has 3 aromatic rings. The maximum atomic E-state index is 12.8. The fraction of sp³-hybridized carbons (Fsp3) is 0.333. The van der Waals surface area contributed by atoms with Crippen LogP contribution in [0.15, 0.2) is 42.5 Å². The molecule has 3 amide bonds. The van der Waals surface area contributed by atoms with Crippen molar-refractivity contribution in [3.8, 4) is 0 Å². The summed E-state index contributed by atoms with van der Waals surface area (Å²) in [6.45, 7) is 7.34. The number of hydrogen-bond donors (Lipinski definition) is 2. The molecule has 0 aliphatic carbocycles. The van der Waals surface area contributed by atoms with Gasteiger partial charge in [-0.1, -0.05) is 35.1 Å². The molecule has 1 aliphatic rings. The number of nitrogens with one attached hydrogen (secondary N) is 2. The van der Waals surface area contributed by atoms with Gasteiger partial charge in [-0.25, -0.2) is 4.79 Å². The molecule has 0 saturated carbocycles. The highest BCUT2D eigenvalue weighted by Crippen LogP contribution is 2.30. The maximum Gasteiger partial charge on any atom is 0.321 e. The highest BCUT2D eigenvalue weighted by molar-refractivity contribution is 7.13. The molecule has 166 valence electrons. The highest BCUT2D eigenvalue weighted by atomic mass is 32.1. The second-order valence-electron chi connectivity index (χ2n) is 8.28. The van der Waals surface area contributed by atoms with Crippen LogP contribution in [0.2, 0.25) is 0 Å². The number of likely N-dealkylation sites (tertiary alicyclic amines) is 1. The van der Waals surface area contributed by atoms with Gasteiger partial charge in [0.05, 0.1) is 0 Å². The highest BCUT2D eigenvalue weighted by Gasteiger charge is 2.28. The third-order valence-electron chi connectivity index (χ3n) is 5.76. The van der Waals surface area contributed by atoms with E-state index in [4.69, 9.17) is 0 Å². The number of rotatable bonds is 4. The Kier molecular flexibility index (Phi) is 6.50. The van der Waals surface area contributed by atoms with Gasteiger partial charge in [-0.2, -0.15) is 0 Å². The van der Waals surface area contributed by atoms with Gasteiger partial charge in [-0.05, 0) is 69.0 Å². The molecule has 1 fully saturated rings. The van der Waals surface area contributed by atoms with Gasteiger partial charge >= 0.3 is 6.03 Å². The number of piperidine rings is 1. The van der Waals surface area contributed by atoms with E-state index in [2.05, 4.69) is 20.8 Å². The molecule has 1 saturated heterocycles. The molecule has 8 heteroatoms. The predicted molar refractivity (Wildman–Crippen MR) is 128 cm³/mol. The molecule has 1 aromatic heterocycles. The molecule has 2 N–H and O–H groups in total. The SMILES string of the molecule is Cc1ccc(NC(=O)c2nnc([C@H]3CCCN(C(=O)Nc4ccc(C)c(C)c4)C3)s2)cc1. The first-order valence-corrected chi connectivity index (χ1v) is 11.6. The number of carbonyl (C=O) groups excluding carboxylic acids is 2. The number of carbonyl (C=O) groups is 2. The Labute approximate surface area is 191 Å². The molecule has 1 atom stereocenters. The monoisotopic (exact) mass is 449 g/mol. The standard InChI is InChI=1S/C24H27N5O2S/c1-15-6-9-19(10-7-15)25-21(30)23-28-27-22(32-23)18-5-4-12-29(14-18)24(31)26-20-11-8-16(2)17(3)13-20/h6-11,13,18H,4-5,12,14H2,1-3H3,(H,25,30)(H,26,31)/t18-/m0/s1. The van der Waals surface area contributed by atoms with Crippen molar-refractivity contribution in [1.29, 1.82) is 0 Å². The zero-order valence-corrected chi connectivity index (χ0v) is 19.3. The molecule has 0 radical (unpaired) electrons. The van der Waals surface area contributed by atoms with E-state index in [-0.39, 0.29) is 17.9 Å². The molecule has 2 heterocycles. The first kappa shape index (κ1) is 22.0. The first-order valence-electron chi connectivity index (χ1n) is 10.7. The van der Waals surface area contributed by atoms with Crippen LogP contribution in [0.3, 0.4) is 0 Å². The van der Waals surface area contributed by atoms with E-state index in [1.807, 2.05) is 68.1 Å². The van der Waals surface area contributed by atoms with Crippen LogP contribution >= 0.6 is 11.3 Å². The smallest absolute Gasteiger partial charge is 0.321 e. The second-order valence-corrected chi connectivity index (χ2v) is 9.29. The summed E-state index contributed by atoms with van der Waals surface area (Å²) in [6, 6.07) is 13.4. The number of amides is 3. The summed E-state index contributed by atoms with van der Waals surface area (Å²) >= 11 is 1.30. The summed E-state index contributed by atoms with van der Waals surface area (Å²) in [4.78, 5) is 27.2. The minimum Gasteiger partial charge on any atom is -0.324 e. The maximum absolute atomic E-state index is 12.8. The Morgan fingerprint density at radius 3 is 2.47 bits per heavy atom. The van der Waals surface area contributed by atoms with Crippen LogP contribution in [-0.4, -0.2) is 40.1 Å². The number of benzene rings is 2. The number of aromatic nitrogens is 2. The van der Waals surface area contributed by atoms with E-state index >= 15 is 0 Å². The molecule has 0 spiro atoms. The van der Waals surface area contributed by atoms with Gasteiger partial charge in [-0.3, -0.25) is 4.79 Å². The van der Waals surface area contributed by atoms with Crippen molar-refractivity contribution in [2.45, 2.75) is 39.5 Å². The minimum atomic E-state index is -0.266. The zero-order valence-electron chi connectivity index (χ0n) is 18.5. The Bertz CT molecular complexity index is 1130. The van der Waals surface area contributed by atoms with E-state index < -0.39 is 0 Å². The molecule has 2 aromatic carbocycles. The van der Waals surface area contributed by atoms with Gasteiger partial charge in [0.1, 0.15) is 5.01 Å². The summed E-state index contributed by atoms with van der Waals surface area (Å²) in [5, 5.41) is 15.3. The van der Waals surface area contributed by atoms with Crippen LogP contribution in [0, 0.1) is 20.8 Å². The van der Waals surface area contributed by atoms with Crippen LogP contribution < -0.4 is 10.6 Å².